The van der Waals surface area contributed by atoms with E-state index < -0.39 is 0 Å². The highest BCUT2D eigenvalue weighted by molar-refractivity contribution is 5.97. The molecule has 3 heteroatoms. The smallest absolute Gasteiger partial charge is 0.152 e. The molecule has 0 saturated heterocycles. The summed E-state index contributed by atoms with van der Waals surface area (Å²) >= 11 is 0. The number of fused-ring (bicyclic) bond motifs is 1. The molecule has 3 nitrogen and oxygen atoms in total. The lowest BCUT2D eigenvalue weighted by Crippen LogP contribution is -2.12. The van der Waals surface area contributed by atoms with Gasteiger partial charge in [-0.25, -0.2) is 4.79 Å². The van der Waals surface area contributed by atoms with Gasteiger partial charge in [0.15, 0.2) is 5.94 Å². The van der Waals surface area contributed by atoms with Crippen LogP contribution in [0, 0.1) is 0 Å². The number of benzene rings is 1. The first-order valence-corrected chi connectivity index (χ1v) is 3.55. The van der Waals surface area contributed by atoms with Gasteiger partial charge in [-0.1, -0.05) is 24.3 Å². The van der Waals surface area contributed by atoms with Crippen LogP contribution in [0.4, 0.5) is 0 Å². The zero-order chi connectivity index (χ0) is 8.39. The van der Waals surface area contributed by atoms with Gasteiger partial charge in [-0.3, -0.25) is 5.43 Å². The Hall–Kier alpha value is -1.86. The van der Waals surface area contributed by atoms with E-state index in [0.29, 0.717) is 5.70 Å². The SMILES string of the molecule is O=C=C1NN=Cc2ccccc21. The van der Waals surface area contributed by atoms with Gasteiger partial charge in [0, 0.05) is 11.1 Å². The summed E-state index contributed by atoms with van der Waals surface area (Å²) < 4.78 is 0. The first-order chi connectivity index (χ1) is 5.92. The topological polar surface area (TPSA) is 41.5 Å². The fourth-order valence-corrected chi connectivity index (χ4v) is 1.14. The van der Waals surface area contributed by atoms with Crippen LogP contribution in [-0.2, 0) is 4.79 Å². The third kappa shape index (κ3) is 0.929. The first kappa shape index (κ1) is 6.83. The Bertz CT molecular complexity index is 389. The Morgan fingerprint density at radius 1 is 1.33 bits per heavy atom. The fourth-order valence-electron chi connectivity index (χ4n) is 1.14. The van der Waals surface area contributed by atoms with Gasteiger partial charge in [0.05, 0.1) is 6.21 Å². The molecule has 2 rings (SSSR count). The molecule has 1 N–H and O–H groups in total. The van der Waals surface area contributed by atoms with Gasteiger partial charge < -0.3 is 0 Å². The van der Waals surface area contributed by atoms with Crippen molar-refractivity contribution in [3.63, 3.8) is 0 Å². The number of nitrogens with zero attached hydrogens (tertiary/aromatic N) is 1. The summed E-state index contributed by atoms with van der Waals surface area (Å²) in [7, 11) is 0. The van der Waals surface area contributed by atoms with Crippen LogP contribution in [0.25, 0.3) is 5.70 Å². The summed E-state index contributed by atoms with van der Waals surface area (Å²) in [5.74, 6) is 1.80. The van der Waals surface area contributed by atoms with Gasteiger partial charge in [0.1, 0.15) is 5.70 Å². The van der Waals surface area contributed by atoms with Gasteiger partial charge in [-0.15, -0.1) is 0 Å². The number of hydrazone groups is 1. The standard InChI is InChI=1S/C9H6N2O/c12-6-9-8-4-2-1-3-7(8)5-10-11-9/h1-5,11H. The van der Waals surface area contributed by atoms with Crippen LogP contribution in [0.3, 0.4) is 0 Å². The number of nitrogens with one attached hydrogen (secondary N) is 1. The Morgan fingerprint density at radius 2 is 2.17 bits per heavy atom. The van der Waals surface area contributed by atoms with Gasteiger partial charge in [-0.05, 0) is 0 Å². The molecule has 1 aliphatic heterocycles. The van der Waals surface area contributed by atoms with Crippen LogP contribution in [0.15, 0.2) is 29.4 Å². The molecular weight excluding hydrogens is 152 g/mol. The molecule has 0 radical (unpaired) electrons. The molecule has 0 amide bonds. The van der Waals surface area contributed by atoms with E-state index >= 15 is 0 Å². The largest absolute Gasteiger partial charge is 0.267 e. The summed E-state index contributed by atoms with van der Waals surface area (Å²) in [5.41, 5.74) is 4.77. The third-order valence-corrected chi connectivity index (χ3v) is 1.71. The minimum absolute atomic E-state index is 0.396. The highest BCUT2D eigenvalue weighted by Crippen LogP contribution is 2.15. The summed E-state index contributed by atoms with van der Waals surface area (Å²) in [6.07, 6.45) is 1.68. The van der Waals surface area contributed by atoms with E-state index in [2.05, 4.69) is 10.5 Å². The van der Waals surface area contributed by atoms with Crippen molar-refractivity contribution in [2.45, 2.75) is 0 Å². The minimum atomic E-state index is 0.396. The van der Waals surface area contributed by atoms with Crippen LogP contribution in [0.2, 0.25) is 0 Å². The average molecular weight is 158 g/mol. The predicted octanol–water partition coefficient (Wildman–Crippen LogP) is 0.796. The molecule has 0 atom stereocenters. The second-order valence-corrected chi connectivity index (χ2v) is 2.43. The van der Waals surface area contributed by atoms with E-state index in [1.54, 1.807) is 12.2 Å². The zero-order valence-electron chi connectivity index (χ0n) is 6.24. The normalized spacial score (nSPS) is 13.2. The molecule has 0 saturated carbocycles. The minimum Gasteiger partial charge on any atom is -0.267 e. The molecule has 0 aliphatic carbocycles. The van der Waals surface area contributed by atoms with Gasteiger partial charge in [0.2, 0.25) is 0 Å². The molecule has 1 aromatic carbocycles. The van der Waals surface area contributed by atoms with Crippen molar-refractivity contribution in [2.24, 2.45) is 5.10 Å². The molecule has 58 valence electrons. The van der Waals surface area contributed by atoms with Crippen molar-refractivity contribution < 1.29 is 4.79 Å². The number of rotatable bonds is 0. The molecule has 0 aromatic heterocycles. The van der Waals surface area contributed by atoms with Crippen LogP contribution >= 0.6 is 0 Å². The highest BCUT2D eigenvalue weighted by atomic mass is 16.1. The van der Waals surface area contributed by atoms with Crippen molar-refractivity contribution >= 4 is 17.9 Å². The monoisotopic (exact) mass is 158 g/mol. The van der Waals surface area contributed by atoms with E-state index in [9.17, 15) is 4.79 Å². The zero-order valence-corrected chi connectivity index (χ0v) is 6.24. The maximum atomic E-state index is 10.4. The molecule has 0 fully saturated rings. The highest BCUT2D eigenvalue weighted by Gasteiger charge is 2.09. The van der Waals surface area contributed by atoms with Crippen molar-refractivity contribution in [3.8, 4) is 0 Å². The van der Waals surface area contributed by atoms with E-state index in [1.807, 2.05) is 24.3 Å². The molecule has 1 aromatic rings. The second kappa shape index (κ2) is 2.64. The predicted molar refractivity (Wildman–Crippen MR) is 46.3 cm³/mol. The molecular formula is C9H6N2O. The molecule has 1 aliphatic rings. The van der Waals surface area contributed by atoms with Crippen molar-refractivity contribution in [3.05, 3.63) is 35.4 Å². The Labute approximate surface area is 69.4 Å². The fraction of sp³-hybridized carbons (Fsp3) is 0. The summed E-state index contributed by atoms with van der Waals surface area (Å²) in [5, 5.41) is 3.80. The van der Waals surface area contributed by atoms with Gasteiger partial charge >= 0.3 is 0 Å². The lowest BCUT2D eigenvalue weighted by molar-refractivity contribution is 0.568. The first-order valence-electron chi connectivity index (χ1n) is 3.55. The number of hydrogen-bond acceptors (Lipinski definition) is 3. The Kier molecular flexibility index (Phi) is 1.50. The lowest BCUT2D eigenvalue weighted by atomic mass is 10.1. The summed E-state index contributed by atoms with van der Waals surface area (Å²) in [6, 6.07) is 7.53. The lowest BCUT2D eigenvalue weighted by Gasteiger charge is -2.10. The molecule has 0 unspecified atom stereocenters. The van der Waals surface area contributed by atoms with Crippen LogP contribution < -0.4 is 5.43 Å². The van der Waals surface area contributed by atoms with Crippen molar-refractivity contribution in [1.29, 1.82) is 0 Å². The number of carbonyl (C=O) groups excluding carboxylic acids is 1. The van der Waals surface area contributed by atoms with Crippen LogP contribution in [0.1, 0.15) is 11.1 Å². The van der Waals surface area contributed by atoms with E-state index in [4.69, 9.17) is 0 Å². The second-order valence-electron chi connectivity index (χ2n) is 2.43. The van der Waals surface area contributed by atoms with Crippen molar-refractivity contribution in [2.75, 3.05) is 0 Å². The molecule has 0 spiro atoms. The molecule has 0 bridgehead atoms. The van der Waals surface area contributed by atoms with Crippen LogP contribution in [0.5, 0.6) is 0 Å². The van der Waals surface area contributed by atoms with E-state index in [1.165, 1.54) is 0 Å². The summed E-state index contributed by atoms with van der Waals surface area (Å²) in [4.78, 5) is 10.4. The Balaban J connectivity index is 2.68. The van der Waals surface area contributed by atoms with Crippen LogP contribution in [-0.4, -0.2) is 12.2 Å². The van der Waals surface area contributed by atoms with Gasteiger partial charge in [-0.2, -0.15) is 5.10 Å². The average Bonchev–Trinajstić information content (AvgIpc) is 2.17. The van der Waals surface area contributed by atoms with Crippen molar-refractivity contribution in [1.82, 2.24) is 5.43 Å². The third-order valence-electron chi connectivity index (χ3n) is 1.71. The maximum absolute atomic E-state index is 10.4. The number of hydrogen-bond donors (Lipinski definition) is 1. The quantitative estimate of drug-likeness (QED) is 0.567. The molecule has 1 heterocycles. The van der Waals surface area contributed by atoms with Gasteiger partial charge in [0.25, 0.3) is 0 Å². The van der Waals surface area contributed by atoms with E-state index in [-0.39, 0.29) is 0 Å². The Morgan fingerprint density at radius 3 is 3.00 bits per heavy atom. The summed E-state index contributed by atoms with van der Waals surface area (Å²) in [6.45, 7) is 0. The maximum Gasteiger partial charge on any atom is 0.152 e. The molecule has 12 heavy (non-hydrogen) atoms. The van der Waals surface area contributed by atoms with E-state index in [0.717, 1.165) is 11.1 Å².